The van der Waals surface area contributed by atoms with E-state index in [0.29, 0.717) is 0 Å². The third-order valence-electron chi connectivity index (χ3n) is 2.24. The molecule has 0 radical (unpaired) electrons. The normalized spacial score (nSPS) is 13.2. The van der Waals surface area contributed by atoms with Gasteiger partial charge in [0.05, 0.1) is 6.61 Å². The lowest BCUT2D eigenvalue weighted by atomic mass is 10.0. The molecule has 1 atom stereocenters. The molecule has 0 amide bonds. The molecule has 0 aliphatic carbocycles. The second-order valence-electron chi connectivity index (χ2n) is 3.66. The molecule has 0 bridgehead atoms. The van der Waals surface area contributed by atoms with E-state index in [4.69, 9.17) is 0 Å². The summed E-state index contributed by atoms with van der Waals surface area (Å²) in [7, 11) is 0. The maximum Gasteiger partial charge on any atom is 0.339 e. The molecule has 0 saturated carbocycles. The third-order valence-corrected chi connectivity index (χ3v) is 2.24. The summed E-state index contributed by atoms with van der Waals surface area (Å²) in [5, 5.41) is 9.55. The highest BCUT2D eigenvalue weighted by atomic mass is 19.3. The number of alkyl halides is 2. The third kappa shape index (κ3) is 3.49. The summed E-state index contributed by atoms with van der Waals surface area (Å²) >= 11 is 0. The Hall–Kier alpha value is -1.49. The van der Waals surface area contributed by atoms with Crippen LogP contribution in [0.4, 0.5) is 8.78 Å². The molecule has 17 heavy (non-hydrogen) atoms. The van der Waals surface area contributed by atoms with Crippen LogP contribution in [-0.4, -0.2) is 17.7 Å². The smallest absolute Gasteiger partial charge is 0.339 e. The van der Waals surface area contributed by atoms with Crippen LogP contribution in [0.15, 0.2) is 24.3 Å². The van der Waals surface area contributed by atoms with Crippen LogP contribution in [0.3, 0.4) is 0 Å². The molecule has 1 aromatic rings. The van der Waals surface area contributed by atoms with Crippen LogP contribution in [-0.2, 0) is 15.5 Å². The van der Waals surface area contributed by atoms with Gasteiger partial charge in [-0.05, 0) is 12.5 Å². The summed E-state index contributed by atoms with van der Waals surface area (Å²) in [4.78, 5) is 11.2. The predicted octanol–water partition coefficient (Wildman–Crippen LogP) is 2.39. The van der Waals surface area contributed by atoms with Crippen LogP contribution in [0.5, 0.6) is 0 Å². The number of ether oxygens (including phenoxy) is 1. The Morgan fingerprint density at radius 1 is 1.41 bits per heavy atom. The summed E-state index contributed by atoms with van der Waals surface area (Å²) in [5.74, 6) is -3.73. The first-order valence-electron chi connectivity index (χ1n) is 5.19. The van der Waals surface area contributed by atoms with E-state index in [-0.39, 0.29) is 17.7 Å². The summed E-state index contributed by atoms with van der Waals surface area (Å²) < 4.78 is 30.4. The van der Waals surface area contributed by atoms with E-state index in [1.807, 2.05) is 0 Å². The van der Waals surface area contributed by atoms with Crippen molar-refractivity contribution in [2.75, 3.05) is 6.61 Å². The largest absolute Gasteiger partial charge is 0.464 e. The van der Waals surface area contributed by atoms with Gasteiger partial charge >= 0.3 is 5.97 Å². The van der Waals surface area contributed by atoms with E-state index in [9.17, 15) is 18.7 Å². The lowest BCUT2D eigenvalue weighted by Gasteiger charge is -2.13. The van der Waals surface area contributed by atoms with Gasteiger partial charge in [0, 0.05) is 12.5 Å². The SMILES string of the molecule is CCOC(=O)C(O)c1ccc(C(C)(F)F)cc1. The molecule has 0 aromatic heterocycles. The standard InChI is InChI=1S/C12H14F2O3/c1-3-17-11(16)10(15)8-4-6-9(7-5-8)12(2,13)14/h4-7,10,15H,3H2,1-2H3. The quantitative estimate of drug-likeness (QED) is 0.827. The fraction of sp³-hybridized carbons (Fsp3) is 0.417. The second kappa shape index (κ2) is 5.23. The molecule has 0 aliphatic rings. The van der Waals surface area contributed by atoms with Gasteiger partial charge < -0.3 is 9.84 Å². The Bertz CT molecular complexity index is 382. The molecule has 94 valence electrons. The van der Waals surface area contributed by atoms with Crippen LogP contribution in [0.1, 0.15) is 31.1 Å². The van der Waals surface area contributed by atoms with Gasteiger partial charge in [0.15, 0.2) is 6.10 Å². The average Bonchev–Trinajstić information content (AvgIpc) is 2.27. The summed E-state index contributed by atoms with van der Waals surface area (Å²) in [5.41, 5.74) is 0.0637. The summed E-state index contributed by atoms with van der Waals surface area (Å²) in [6.45, 7) is 2.55. The van der Waals surface area contributed by atoms with E-state index in [1.165, 1.54) is 24.3 Å². The summed E-state index contributed by atoms with van der Waals surface area (Å²) in [6, 6.07) is 4.93. The van der Waals surface area contributed by atoms with Gasteiger partial charge in [-0.3, -0.25) is 0 Å². The van der Waals surface area contributed by atoms with Crippen molar-refractivity contribution >= 4 is 5.97 Å². The molecule has 1 N–H and O–H groups in total. The molecule has 0 fully saturated rings. The van der Waals surface area contributed by atoms with Crippen molar-refractivity contribution < 1.29 is 23.4 Å². The average molecular weight is 244 g/mol. The topological polar surface area (TPSA) is 46.5 Å². The first kappa shape index (κ1) is 13.6. The number of carbonyl (C=O) groups is 1. The molecule has 1 rings (SSSR count). The number of esters is 1. The minimum atomic E-state index is -2.94. The Kier molecular flexibility index (Phi) is 4.17. The van der Waals surface area contributed by atoms with Crippen molar-refractivity contribution in [3.05, 3.63) is 35.4 Å². The molecule has 1 aromatic carbocycles. The summed E-state index contributed by atoms with van der Waals surface area (Å²) in [6.07, 6.45) is -1.44. The van der Waals surface area contributed by atoms with Crippen molar-refractivity contribution in [1.29, 1.82) is 0 Å². The first-order chi connectivity index (χ1) is 7.86. The van der Waals surface area contributed by atoms with Gasteiger partial charge in [0.25, 0.3) is 5.92 Å². The molecule has 1 unspecified atom stereocenters. The van der Waals surface area contributed by atoms with Gasteiger partial charge in [-0.1, -0.05) is 24.3 Å². The van der Waals surface area contributed by atoms with E-state index in [0.717, 1.165) is 6.92 Å². The maximum absolute atomic E-state index is 12.9. The molecule has 0 saturated heterocycles. The predicted molar refractivity (Wildman–Crippen MR) is 57.6 cm³/mol. The van der Waals surface area contributed by atoms with Gasteiger partial charge in [-0.2, -0.15) is 0 Å². The van der Waals surface area contributed by atoms with E-state index < -0.39 is 18.0 Å². The van der Waals surface area contributed by atoms with Crippen molar-refractivity contribution in [2.24, 2.45) is 0 Å². The minimum absolute atomic E-state index is 0.154. The van der Waals surface area contributed by atoms with Gasteiger partial charge in [0.1, 0.15) is 0 Å². The highest BCUT2D eigenvalue weighted by Crippen LogP contribution is 2.27. The molecule has 0 spiro atoms. The zero-order valence-corrected chi connectivity index (χ0v) is 9.61. The minimum Gasteiger partial charge on any atom is -0.464 e. The zero-order valence-electron chi connectivity index (χ0n) is 9.61. The highest BCUT2D eigenvalue weighted by Gasteiger charge is 2.25. The van der Waals surface area contributed by atoms with Gasteiger partial charge in [-0.15, -0.1) is 0 Å². The molecule has 3 nitrogen and oxygen atoms in total. The fourth-order valence-corrected chi connectivity index (χ4v) is 1.32. The number of hydrogen-bond acceptors (Lipinski definition) is 3. The second-order valence-corrected chi connectivity index (χ2v) is 3.66. The number of benzene rings is 1. The number of carbonyl (C=O) groups excluding carboxylic acids is 1. The molecular formula is C12H14F2O3. The molecule has 5 heteroatoms. The molecule has 0 aliphatic heterocycles. The number of rotatable bonds is 4. The lowest BCUT2D eigenvalue weighted by molar-refractivity contribution is -0.153. The van der Waals surface area contributed by atoms with Crippen LogP contribution in [0, 0.1) is 0 Å². The van der Waals surface area contributed by atoms with Crippen LogP contribution < -0.4 is 0 Å². The fourth-order valence-electron chi connectivity index (χ4n) is 1.32. The Labute approximate surface area is 98.0 Å². The number of aliphatic hydroxyl groups excluding tert-OH is 1. The van der Waals surface area contributed by atoms with Crippen molar-refractivity contribution in [3.63, 3.8) is 0 Å². The van der Waals surface area contributed by atoms with Crippen LogP contribution >= 0.6 is 0 Å². The zero-order chi connectivity index (χ0) is 13.1. The van der Waals surface area contributed by atoms with Gasteiger partial charge in [-0.25, -0.2) is 13.6 Å². The van der Waals surface area contributed by atoms with E-state index >= 15 is 0 Å². The van der Waals surface area contributed by atoms with E-state index in [2.05, 4.69) is 4.74 Å². The Morgan fingerprint density at radius 3 is 2.35 bits per heavy atom. The van der Waals surface area contributed by atoms with Crippen molar-refractivity contribution in [1.82, 2.24) is 0 Å². The number of halogens is 2. The Balaban J connectivity index is 2.84. The van der Waals surface area contributed by atoms with Crippen molar-refractivity contribution in [3.8, 4) is 0 Å². The lowest BCUT2D eigenvalue weighted by Crippen LogP contribution is -2.15. The monoisotopic (exact) mass is 244 g/mol. The molecular weight excluding hydrogens is 230 g/mol. The molecule has 0 heterocycles. The Morgan fingerprint density at radius 2 is 1.94 bits per heavy atom. The first-order valence-corrected chi connectivity index (χ1v) is 5.19. The van der Waals surface area contributed by atoms with E-state index in [1.54, 1.807) is 6.92 Å². The van der Waals surface area contributed by atoms with Crippen LogP contribution in [0.25, 0.3) is 0 Å². The number of aliphatic hydroxyl groups is 1. The van der Waals surface area contributed by atoms with Crippen LogP contribution in [0.2, 0.25) is 0 Å². The van der Waals surface area contributed by atoms with Gasteiger partial charge in [0.2, 0.25) is 0 Å². The van der Waals surface area contributed by atoms with Crippen molar-refractivity contribution in [2.45, 2.75) is 25.9 Å². The highest BCUT2D eigenvalue weighted by molar-refractivity contribution is 5.76. The number of hydrogen-bond donors (Lipinski definition) is 1. The maximum atomic E-state index is 12.9.